The minimum atomic E-state index is -0.512. The Bertz CT molecular complexity index is 63.4. The fourth-order valence-electron chi connectivity index (χ4n) is 0.938. The van der Waals surface area contributed by atoms with Crippen LogP contribution in [0.5, 0.6) is 0 Å². The molecule has 46 valence electrons. The fraction of sp³-hybridized carbons (Fsp3) is 1.00. The van der Waals surface area contributed by atoms with Gasteiger partial charge >= 0.3 is 61.1 Å². The second-order valence-corrected chi connectivity index (χ2v) is 5.48. The van der Waals surface area contributed by atoms with Crippen LogP contribution in [0.4, 0.5) is 0 Å². The standard InChI is InChI=1S/C4H8N.CH3O.Sn/c1-2-4-5-3-1;1-2;/h1-4H2;1H3;/q2*-1;+2. The zero-order valence-electron chi connectivity index (χ0n) is 5.18. The van der Waals surface area contributed by atoms with E-state index in [1.165, 1.54) is 25.9 Å². The molecule has 1 heterocycles. The monoisotopic (exact) mass is 221 g/mol. The molecule has 1 fully saturated rings. The molecule has 3 heteroatoms. The van der Waals surface area contributed by atoms with E-state index in [0.717, 1.165) is 0 Å². The van der Waals surface area contributed by atoms with Crippen molar-refractivity contribution in [2.45, 2.75) is 12.8 Å². The molecule has 0 unspecified atom stereocenters. The molecule has 0 aromatic rings. The summed E-state index contributed by atoms with van der Waals surface area (Å²) in [5.41, 5.74) is 0. The molecule has 1 saturated heterocycles. The van der Waals surface area contributed by atoms with Gasteiger partial charge in [-0.15, -0.1) is 0 Å². The van der Waals surface area contributed by atoms with E-state index in [4.69, 9.17) is 3.07 Å². The van der Waals surface area contributed by atoms with Gasteiger partial charge in [-0.3, -0.25) is 0 Å². The van der Waals surface area contributed by atoms with Gasteiger partial charge < -0.3 is 0 Å². The Morgan fingerprint density at radius 3 is 2.50 bits per heavy atom. The summed E-state index contributed by atoms with van der Waals surface area (Å²) in [6.45, 7) is 2.61. The normalized spacial score (nSPS) is 22.1. The molecule has 0 N–H and O–H groups in total. The van der Waals surface area contributed by atoms with Crippen molar-refractivity contribution in [2.75, 3.05) is 20.2 Å². The zero-order chi connectivity index (χ0) is 5.82. The molecule has 1 rings (SSSR count). The second-order valence-electron chi connectivity index (χ2n) is 1.99. The van der Waals surface area contributed by atoms with E-state index in [2.05, 4.69) is 3.12 Å². The Morgan fingerprint density at radius 1 is 1.38 bits per heavy atom. The first-order chi connectivity index (χ1) is 3.93. The van der Waals surface area contributed by atoms with Crippen LogP contribution in [0.2, 0.25) is 0 Å². The van der Waals surface area contributed by atoms with Crippen molar-refractivity contribution in [1.29, 1.82) is 0 Å². The molecule has 0 aliphatic carbocycles. The molecule has 0 spiro atoms. The van der Waals surface area contributed by atoms with Crippen LogP contribution in [0.25, 0.3) is 0 Å². The summed E-state index contributed by atoms with van der Waals surface area (Å²) in [4.78, 5) is 0. The second kappa shape index (κ2) is 3.69. The summed E-state index contributed by atoms with van der Waals surface area (Å²) in [7, 11) is 1.82. The predicted molar refractivity (Wildman–Crippen MR) is 33.6 cm³/mol. The van der Waals surface area contributed by atoms with Crippen LogP contribution in [0.1, 0.15) is 12.8 Å². The summed E-state index contributed by atoms with van der Waals surface area (Å²) in [6.07, 6.45) is 2.79. The van der Waals surface area contributed by atoms with Crippen LogP contribution in [-0.2, 0) is 3.07 Å². The van der Waals surface area contributed by atoms with Crippen molar-refractivity contribution >= 4 is 21.8 Å². The number of hydrogen-bond donors (Lipinski definition) is 0. The zero-order valence-corrected chi connectivity index (χ0v) is 8.04. The van der Waals surface area contributed by atoms with Gasteiger partial charge in [0.15, 0.2) is 0 Å². The maximum absolute atomic E-state index is 5.12. The molecule has 0 aromatic carbocycles. The SMILES string of the molecule is C[O][Sn][N]1CCCC1. The van der Waals surface area contributed by atoms with Gasteiger partial charge in [0.05, 0.1) is 0 Å². The van der Waals surface area contributed by atoms with Crippen molar-refractivity contribution in [3.05, 3.63) is 0 Å². The third kappa shape index (κ3) is 1.91. The average Bonchev–Trinajstić information content (AvgIpc) is 2.19. The molecular formula is C5H11NOSn. The fourth-order valence-corrected chi connectivity index (χ4v) is 3.10. The van der Waals surface area contributed by atoms with E-state index in [9.17, 15) is 0 Å². The van der Waals surface area contributed by atoms with Gasteiger partial charge in [0, 0.05) is 0 Å². The van der Waals surface area contributed by atoms with Crippen molar-refractivity contribution in [1.82, 2.24) is 3.12 Å². The molecule has 2 radical (unpaired) electrons. The van der Waals surface area contributed by atoms with Crippen LogP contribution < -0.4 is 0 Å². The van der Waals surface area contributed by atoms with Gasteiger partial charge in [0.1, 0.15) is 0 Å². The Balaban J connectivity index is 2.06. The third-order valence-electron chi connectivity index (χ3n) is 1.33. The number of hydrogen-bond acceptors (Lipinski definition) is 2. The van der Waals surface area contributed by atoms with Crippen molar-refractivity contribution in [3.8, 4) is 0 Å². The summed E-state index contributed by atoms with van der Waals surface area (Å²) in [5.74, 6) is 0. The molecule has 1 aliphatic heterocycles. The molecule has 0 amide bonds. The van der Waals surface area contributed by atoms with Gasteiger partial charge in [-0.05, 0) is 0 Å². The van der Waals surface area contributed by atoms with Gasteiger partial charge in [0.25, 0.3) is 0 Å². The van der Waals surface area contributed by atoms with Gasteiger partial charge in [-0.25, -0.2) is 0 Å². The third-order valence-corrected chi connectivity index (χ3v) is 3.86. The van der Waals surface area contributed by atoms with Crippen molar-refractivity contribution < 1.29 is 3.07 Å². The van der Waals surface area contributed by atoms with E-state index >= 15 is 0 Å². The molecular weight excluding hydrogens is 209 g/mol. The first-order valence-corrected chi connectivity index (χ1v) is 5.41. The van der Waals surface area contributed by atoms with Crippen LogP contribution in [0, 0.1) is 0 Å². The Labute approximate surface area is 61.3 Å². The van der Waals surface area contributed by atoms with Gasteiger partial charge in [-0.2, -0.15) is 0 Å². The molecule has 0 bridgehead atoms. The van der Waals surface area contributed by atoms with Gasteiger partial charge in [-0.1, -0.05) is 0 Å². The maximum atomic E-state index is 5.12. The summed E-state index contributed by atoms with van der Waals surface area (Å²) < 4.78 is 7.61. The van der Waals surface area contributed by atoms with Crippen LogP contribution >= 0.6 is 0 Å². The quantitative estimate of drug-likeness (QED) is 0.619. The van der Waals surface area contributed by atoms with Crippen molar-refractivity contribution in [3.63, 3.8) is 0 Å². The molecule has 2 nitrogen and oxygen atoms in total. The van der Waals surface area contributed by atoms with E-state index < -0.39 is 21.8 Å². The molecule has 0 saturated carbocycles. The van der Waals surface area contributed by atoms with E-state index in [-0.39, 0.29) is 0 Å². The minimum absolute atomic E-state index is 0.512. The first kappa shape index (κ1) is 6.83. The summed E-state index contributed by atoms with van der Waals surface area (Å²) in [5, 5.41) is 0. The Hall–Kier alpha value is 0.719. The molecule has 1 aliphatic rings. The van der Waals surface area contributed by atoms with E-state index in [1.807, 2.05) is 7.11 Å². The summed E-state index contributed by atoms with van der Waals surface area (Å²) >= 11 is -0.512. The average molecular weight is 220 g/mol. The van der Waals surface area contributed by atoms with Crippen LogP contribution in [0.3, 0.4) is 0 Å². The van der Waals surface area contributed by atoms with Crippen LogP contribution in [0.15, 0.2) is 0 Å². The topological polar surface area (TPSA) is 12.5 Å². The Kier molecular flexibility index (Phi) is 3.15. The summed E-state index contributed by atoms with van der Waals surface area (Å²) in [6, 6.07) is 0. The van der Waals surface area contributed by atoms with E-state index in [1.54, 1.807) is 0 Å². The number of nitrogens with zero attached hydrogens (tertiary/aromatic N) is 1. The molecule has 8 heavy (non-hydrogen) atoms. The number of rotatable bonds is 2. The molecule has 0 atom stereocenters. The first-order valence-electron chi connectivity index (χ1n) is 2.97. The van der Waals surface area contributed by atoms with Crippen LogP contribution in [-0.4, -0.2) is 45.2 Å². The van der Waals surface area contributed by atoms with Crippen molar-refractivity contribution in [2.24, 2.45) is 0 Å². The Morgan fingerprint density at radius 2 is 2.00 bits per heavy atom. The predicted octanol–water partition coefficient (Wildman–Crippen LogP) is 0.263. The molecule has 0 aromatic heterocycles. The van der Waals surface area contributed by atoms with E-state index in [0.29, 0.717) is 0 Å². The van der Waals surface area contributed by atoms with Gasteiger partial charge in [0.2, 0.25) is 0 Å².